The maximum absolute atomic E-state index is 13.1. The Bertz CT molecular complexity index is 2200. The fraction of sp³-hybridized carbons (Fsp3) is 0.350. The van der Waals surface area contributed by atoms with Crippen LogP contribution in [0.25, 0.3) is 11.0 Å². The van der Waals surface area contributed by atoms with Gasteiger partial charge in [0.15, 0.2) is 0 Å². The van der Waals surface area contributed by atoms with Crippen LogP contribution in [-0.2, 0) is 22.7 Å². The lowest BCUT2D eigenvalue weighted by atomic mass is 10.0. The molecule has 6 heterocycles. The Hall–Kier alpha value is -6.02. The van der Waals surface area contributed by atoms with E-state index in [1.54, 1.807) is 16.9 Å². The van der Waals surface area contributed by atoms with Crippen LogP contribution in [0.2, 0.25) is 0 Å². The summed E-state index contributed by atoms with van der Waals surface area (Å²) in [6.45, 7) is 5.90. The van der Waals surface area contributed by atoms with Gasteiger partial charge in [0.2, 0.25) is 11.8 Å². The zero-order valence-electron chi connectivity index (χ0n) is 30.4. The van der Waals surface area contributed by atoms with Crippen molar-refractivity contribution in [2.45, 2.75) is 63.8 Å². The maximum Gasteiger partial charge on any atom is 0.274 e. The van der Waals surface area contributed by atoms with Crippen LogP contribution in [0.4, 0.5) is 17.1 Å². The average molecular weight is 729 g/mol. The lowest BCUT2D eigenvalue weighted by Gasteiger charge is -2.38. The Balaban J connectivity index is 0.803. The van der Waals surface area contributed by atoms with E-state index in [0.29, 0.717) is 49.0 Å². The number of pyridine rings is 1. The summed E-state index contributed by atoms with van der Waals surface area (Å²) in [6, 6.07) is 22.2. The summed E-state index contributed by atoms with van der Waals surface area (Å²) >= 11 is 0. The molecule has 0 spiro atoms. The van der Waals surface area contributed by atoms with Crippen molar-refractivity contribution in [1.82, 2.24) is 34.9 Å². The van der Waals surface area contributed by atoms with Crippen LogP contribution < -0.4 is 26.2 Å². The number of aromatic nitrogens is 4. The summed E-state index contributed by atoms with van der Waals surface area (Å²) in [4.78, 5) is 58.5. The number of hydrogen-bond acceptors (Lipinski definition) is 9. The van der Waals surface area contributed by atoms with Crippen LogP contribution in [-0.4, -0.2) is 86.6 Å². The summed E-state index contributed by atoms with van der Waals surface area (Å²) in [7, 11) is 2.19. The second kappa shape index (κ2) is 14.8. The van der Waals surface area contributed by atoms with Gasteiger partial charge in [0.05, 0.1) is 24.5 Å². The lowest BCUT2D eigenvalue weighted by molar-refractivity contribution is -0.133. The molecule has 278 valence electrons. The van der Waals surface area contributed by atoms with Crippen molar-refractivity contribution in [1.29, 1.82) is 0 Å². The molecule has 14 heteroatoms. The van der Waals surface area contributed by atoms with Crippen molar-refractivity contribution >= 4 is 51.7 Å². The highest BCUT2D eigenvalue weighted by Gasteiger charge is 2.28. The molecule has 2 aromatic carbocycles. The molecule has 1 unspecified atom stereocenters. The van der Waals surface area contributed by atoms with Crippen LogP contribution in [0.5, 0.6) is 0 Å². The predicted molar refractivity (Wildman–Crippen MR) is 205 cm³/mol. The first-order chi connectivity index (χ1) is 26.2. The van der Waals surface area contributed by atoms with Crippen molar-refractivity contribution in [2.24, 2.45) is 0 Å². The fourth-order valence-electron chi connectivity index (χ4n) is 7.70. The SMILES string of the molecule is C[C@@H]1CNC(=O)c2cc3ccc(C(=O)Nc4cnn(Cc5ccc(N6CCC(N(C)Cc7ccc(NC8CCC(=O)NC8=O)cc7)CC6)cc5)c4)nc3n21. The summed E-state index contributed by atoms with van der Waals surface area (Å²) in [5.41, 5.74) is 6.43. The van der Waals surface area contributed by atoms with E-state index in [2.05, 4.69) is 84.6 Å². The minimum atomic E-state index is -0.385. The number of hydrogen-bond donors (Lipinski definition) is 4. The van der Waals surface area contributed by atoms with Gasteiger partial charge in [0, 0.05) is 61.6 Å². The van der Waals surface area contributed by atoms with E-state index in [9.17, 15) is 19.2 Å². The zero-order valence-corrected chi connectivity index (χ0v) is 30.4. The van der Waals surface area contributed by atoms with Gasteiger partial charge in [-0.05, 0) is 86.8 Å². The Kier molecular flexibility index (Phi) is 9.59. The monoisotopic (exact) mass is 728 g/mol. The fourth-order valence-corrected chi connectivity index (χ4v) is 7.70. The summed E-state index contributed by atoms with van der Waals surface area (Å²) in [6.07, 6.45) is 6.45. The van der Waals surface area contributed by atoms with E-state index in [1.165, 1.54) is 11.3 Å². The molecule has 4 N–H and O–H groups in total. The van der Waals surface area contributed by atoms with Crippen LogP contribution >= 0.6 is 0 Å². The molecule has 4 amide bonds. The van der Waals surface area contributed by atoms with E-state index in [1.807, 2.05) is 42.0 Å². The molecule has 0 bridgehead atoms. The van der Waals surface area contributed by atoms with Gasteiger partial charge < -0.3 is 25.4 Å². The number of nitrogens with one attached hydrogen (secondary N) is 4. The van der Waals surface area contributed by atoms with Gasteiger partial charge in [0.1, 0.15) is 23.1 Å². The third-order valence-corrected chi connectivity index (χ3v) is 10.7. The van der Waals surface area contributed by atoms with Gasteiger partial charge in [-0.3, -0.25) is 34.1 Å². The van der Waals surface area contributed by atoms with Crippen molar-refractivity contribution in [3.05, 3.63) is 102 Å². The minimum Gasteiger partial charge on any atom is -0.374 e. The number of amides is 4. The molecule has 3 aliphatic heterocycles. The lowest BCUT2D eigenvalue weighted by Crippen LogP contribution is -2.47. The van der Waals surface area contributed by atoms with Crippen molar-refractivity contribution in [2.75, 3.05) is 42.2 Å². The molecule has 3 aliphatic rings. The Morgan fingerprint density at radius 1 is 0.944 bits per heavy atom. The van der Waals surface area contributed by atoms with E-state index in [-0.39, 0.29) is 41.4 Å². The highest BCUT2D eigenvalue weighted by molar-refractivity contribution is 6.05. The quantitative estimate of drug-likeness (QED) is 0.155. The number of imide groups is 1. The average Bonchev–Trinajstić information content (AvgIpc) is 3.80. The number of carbonyl (C=O) groups is 4. The van der Waals surface area contributed by atoms with Crippen LogP contribution in [0.15, 0.2) is 79.1 Å². The largest absolute Gasteiger partial charge is 0.374 e. The molecule has 8 rings (SSSR count). The van der Waals surface area contributed by atoms with Gasteiger partial charge in [-0.25, -0.2) is 4.98 Å². The number of rotatable bonds is 10. The predicted octanol–water partition coefficient (Wildman–Crippen LogP) is 4.16. The minimum absolute atomic E-state index is 0.0370. The molecule has 5 aromatic rings. The molecule has 54 heavy (non-hydrogen) atoms. The van der Waals surface area contributed by atoms with Gasteiger partial charge in [-0.1, -0.05) is 24.3 Å². The number of benzene rings is 2. The van der Waals surface area contributed by atoms with E-state index >= 15 is 0 Å². The smallest absolute Gasteiger partial charge is 0.274 e. The normalized spacial score (nSPS) is 19.1. The first-order valence-electron chi connectivity index (χ1n) is 18.5. The Morgan fingerprint density at radius 3 is 2.46 bits per heavy atom. The first-order valence-corrected chi connectivity index (χ1v) is 18.5. The maximum atomic E-state index is 13.1. The standard InChI is InChI=1S/C40H44N10O4/c1-25-20-41-40(54)35-19-28-7-12-34(45-37(28)50(25)35)38(52)44-30-21-42-49(24-30)23-27-5-10-32(11-6-27)48-17-15-31(16-18-48)47(2)22-26-3-8-29(9-4-26)43-33-13-14-36(51)46-39(33)53/h3-12,19,21,24-25,31,33,43H,13-18,20,22-23H2,1-2H3,(H,41,54)(H,44,52)(H,46,51,53)/t25-,33?/m1/s1. The molecular weight excluding hydrogens is 685 g/mol. The number of fused-ring (bicyclic) bond motifs is 3. The van der Waals surface area contributed by atoms with E-state index in [0.717, 1.165) is 49.1 Å². The topological polar surface area (TPSA) is 159 Å². The van der Waals surface area contributed by atoms with Gasteiger partial charge in [-0.2, -0.15) is 5.10 Å². The van der Waals surface area contributed by atoms with Crippen molar-refractivity contribution < 1.29 is 19.2 Å². The highest BCUT2D eigenvalue weighted by atomic mass is 16.2. The third kappa shape index (κ3) is 7.42. The molecule has 3 aromatic heterocycles. The summed E-state index contributed by atoms with van der Waals surface area (Å²) in [5.74, 6) is -0.949. The van der Waals surface area contributed by atoms with Crippen molar-refractivity contribution in [3.63, 3.8) is 0 Å². The van der Waals surface area contributed by atoms with Crippen molar-refractivity contribution in [3.8, 4) is 0 Å². The molecular formula is C40H44N10O4. The number of piperidine rings is 2. The molecule has 2 atom stereocenters. The molecule has 2 saturated heterocycles. The van der Waals surface area contributed by atoms with Crippen LogP contribution in [0, 0.1) is 0 Å². The molecule has 2 fully saturated rings. The van der Waals surface area contributed by atoms with Crippen LogP contribution in [0.3, 0.4) is 0 Å². The summed E-state index contributed by atoms with van der Waals surface area (Å²) in [5, 5.41) is 16.7. The number of nitrogens with zero attached hydrogens (tertiary/aromatic N) is 6. The Morgan fingerprint density at radius 2 is 1.70 bits per heavy atom. The van der Waals surface area contributed by atoms with Crippen LogP contribution in [0.1, 0.15) is 70.8 Å². The second-order valence-corrected chi connectivity index (χ2v) is 14.6. The summed E-state index contributed by atoms with van der Waals surface area (Å²) < 4.78 is 3.70. The first kappa shape index (κ1) is 35.0. The Labute approximate surface area is 312 Å². The molecule has 14 nitrogen and oxygen atoms in total. The number of carbonyl (C=O) groups excluding carboxylic acids is 4. The highest BCUT2D eigenvalue weighted by Crippen LogP contribution is 2.27. The molecule has 0 radical (unpaired) electrons. The molecule has 0 aliphatic carbocycles. The van der Waals surface area contributed by atoms with E-state index < -0.39 is 0 Å². The van der Waals surface area contributed by atoms with Gasteiger partial charge >= 0.3 is 0 Å². The number of anilines is 3. The third-order valence-electron chi connectivity index (χ3n) is 10.7. The zero-order chi connectivity index (χ0) is 37.3. The van der Waals surface area contributed by atoms with E-state index in [4.69, 9.17) is 0 Å². The van der Waals surface area contributed by atoms with Gasteiger partial charge in [-0.15, -0.1) is 0 Å². The second-order valence-electron chi connectivity index (χ2n) is 14.6. The van der Waals surface area contributed by atoms with Gasteiger partial charge in [0.25, 0.3) is 11.8 Å². The molecule has 0 saturated carbocycles.